The van der Waals surface area contributed by atoms with Gasteiger partial charge < -0.3 is 14.6 Å². The van der Waals surface area contributed by atoms with Crippen molar-refractivity contribution in [3.05, 3.63) is 63.9 Å². The van der Waals surface area contributed by atoms with Gasteiger partial charge in [0.15, 0.2) is 8.32 Å². The maximum Gasteiger partial charge on any atom is 0.192 e. The Morgan fingerprint density at radius 2 is 1.59 bits per heavy atom. The van der Waals surface area contributed by atoms with Crippen LogP contribution in [0.4, 0.5) is 0 Å². The van der Waals surface area contributed by atoms with Gasteiger partial charge in [-0.1, -0.05) is 82.6 Å². The Hall–Kier alpha value is -1.69. The van der Waals surface area contributed by atoms with Gasteiger partial charge in [-0.2, -0.15) is 0 Å². The fourth-order valence-electron chi connectivity index (χ4n) is 3.21. The highest BCUT2D eigenvalue weighted by molar-refractivity contribution is 6.84. The van der Waals surface area contributed by atoms with Crippen LogP contribution < -0.4 is 0 Å². The van der Waals surface area contributed by atoms with Gasteiger partial charge in [-0.15, -0.1) is 0 Å². The fraction of sp³-hybridized carbons (Fsp3) is 0.481. The van der Waals surface area contributed by atoms with E-state index in [9.17, 15) is 10.2 Å². The van der Waals surface area contributed by atoms with Gasteiger partial charge in [0.2, 0.25) is 0 Å². The molecule has 0 saturated heterocycles. The molecule has 32 heavy (non-hydrogen) atoms. The lowest BCUT2D eigenvalue weighted by Crippen LogP contribution is -2.45. The van der Waals surface area contributed by atoms with Gasteiger partial charge in [-0.3, -0.25) is 0 Å². The molecule has 1 aromatic carbocycles. The summed E-state index contributed by atoms with van der Waals surface area (Å²) in [7, 11) is -3.65. The van der Waals surface area contributed by atoms with Crippen LogP contribution in [0.1, 0.15) is 33.3 Å². The summed E-state index contributed by atoms with van der Waals surface area (Å²) in [5.74, 6) is 6.66. The van der Waals surface area contributed by atoms with Gasteiger partial charge in [-0.25, -0.2) is 0 Å². The van der Waals surface area contributed by atoms with Crippen LogP contribution in [0, 0.1) is 11.8 Å². The number of hydrogen-bond acceptors (Lipinski definition) is 3. The van der Waals surface area contributed by atoms with Crippen molar-refractivity contribution in [2.45, 2.75) is 77.7 Å². The topological polar surface area (TPSA) is 49.7 Å². The van der Waals surface area contributed by atoms with Crippen molar-refractivity contribution < 1.29 is 14.6 Å². The maximum atomic E-state index is 10.6. The van der Waals surface area contributed by atoms with E-state index in [1.165, 1.54) is 0 Å². The SMILES string of the molecule is C/C(C#C/C(=C1\C(=C\c2ccccc2)[C@@H](O)[C@H]1O)[Si](C)(C)C)=C\CO[Si](C)(C)C(C)(C)C. The second-order valence-electron chi connectivity index (χ2n) is 11.1. The maximum absolute atomic E-state index is 10.6. The Balaban J connectivity index is 2.35. The number of aliphatic hydroxyl groups excluding tert-OH is 2. The van der Waals surface area contributed by atoms with Crippen LogP contribution in [-0.4, -0.2) is 45.4 Å². The van der Waals surface area contributed by atoms with Crippen LogP contribution >= 0.6 is 0 Å². The third-order valence-electron chi connectivity index (χ3n) is 6.39. The Bertz CT molecular complexity index is 962. The molecule has 174 valence electrons. The monoisotopic (exact) mass is 468 g/mol. The van der Waals surface area contributed by atoms with Crippen LogP contribution in [0.25, 0.3) is 6.08 Å². The molecule has 0 amide bonds. The number of hydrogen-bond donors (Lipinski definition) is 2. The van der Waals surface area contributed by atoms with Crippen LogP contribution in [0.5, 0.6) is 0 Å². The quantitative estimate of drug-likeness (QED) is 0.415. The number of allylic oxidation sites excluding steroid dienone is 2. The summed E-state index contributed by atoms with van der Waals surface area (Å²) in [4.78, 5) is 0. The smallest absolute Gasteiger partial charge is 0.192 e. The van der Waals surface area contributed by atoms with Crippen molar-refractivity contribution in [3.8, 4) is 11.8 Å². The molecule has 1 aliphatic carbocycles. The first-order chi connectivity index (χ1) is 14.6. The highest BCUT2D eigenvalue weighted by Crippen LogP contribution is 2.40. The number of rotatable bonds is 5. The van der Waals surface area contributed by atoms with Gasteiger partial charge in [0.1, 0.15) is 12.2 Å². The van der Waals surface area contributed by atoms with Crippen molar-refractivity contribution in [2.75, 3.05) is 6.61 Å². The molecular weight excluding hydrogens is 428 g/mol. The van der Waals surface area contributed by atoms with Crippen molar-refractivity contribution in [1.29, 1.82) is 0 Å². The van der Waals surface area contributed by atoms with Crippen molar-refractivity contribution in [3.63, 3.8) is 0 Å². The lowest BCUT2D eigenvalue weighted by molar-refractivity contribution is 0.0354. The van der Waals surface area contributed by atoms with Gasteiger partial charge in [0.25, 0.3) is 0 Å². The van der Waals surface area contributed by atoms with E-state index in [1.54, 1.807) is 0 Å². The Morgan fingerprint density at radius 1 is 1.00 bits per heavy atom. The average Bonchev–Trinajstić information content (AvgIpc) is 2.68. The molecule has 0 radical (unpaired) electrons. The molecule has 0 bridgehead atoms. The number of aliphatic hydroxyl groups is 2. The first kappa shape index (κ1) is 26.6. The molecule has 1 aliphatic rings. The summed E-state index contributed by atoms with van der Waals surface area (Å²) in [5, 5.41) is 22.2. The largest absolute Gasteiger partial charge is 0.413 e. The second-order valence-corrected chi connectivity index (χ2v) is 21.0. The minimum absolute atomic E-state index is 0.179. The second kappa shape index (κ2) is 10.1. The predicted molar refractivity (Wildman–Crippen MR) is 141 cm³/mol. The lowest BCUT2D eigenvalue weighted by Gasteiger charge is -2.39. The lowest BCUT2D eigenvalue weighted by atomic mass is 9.78. The van der Waals surface area contributed by atoms with E-state index in [1.807, 2.05) is 49.4 Å². The van der Waals surface area contributed by atoms with E-state index in [2.05, 4.69) is 65.3 Å². The molecule has 0 aliphatic heterocycles. The summed E-state index contributed by atoms with van der Waals surface area (Å²) in [5.41, 5.74) is 3.55. The molecule has 1 saturated carbocycles. The molecule has 2 rings (SSSR count). The molecule has 0 unspecified atom stereocenters. The van der Waals surface area contributed by atoms with E-state index in [-0.39, 0.29) is 5.04 Å². The Morgan fingerprint density at radius 3 is 2.12 bits per heavy atom. The van der Waals surface area contributed by atoms with Gasteiger partial charge in [0, 0.05) is 0 Å². The van der Waals surface area contributed by atoms with E-state index < -0.39 is 28.6 Å². The van der Waals surface area contributed by atoms with Crippen molar-refractivity contribution >= 4 is 22.5 Å². The minimum Gasteiger partial charge on any atom is -0.413 e. The molecule has 0 heterocycles. The summed E-state index contributed by atoms with van der Waals surface area (Å²) in [6.07, 6.45) is 2.26. The van der Waals surface area contributed by atoms with Crippen LogP contribution in [-0.2, 0) is 4.43 Å². The zero-order chi connectivity index (χ0) is 24.3. The summed E-state index contributed by atoms with van der Waals surface area (Å²) in [6, 6.07) is 9.90. The summed E-state index contributed by atoms with van der Waals surface area (Å²) in [6.45, 7) is 20.4. The first-order valence-corrected chi connectivity index (χ1v) is 17.8. The van der Waals surface area contributed by atoms with Crippen LogP contribution in [0.15, 0.2) is 58.3 Å². The van der Waals surface area contributed by atoms with E-state index >= 15 is 0 Å². The zero-order valence-electron chi connectivity index (χ0n) is 21.2. The summed E-state index contributed by atoms with van der Waals surface area (Å²) >= 11 is 0. The van der Waals surface area contributed by atoms with Crippen molar-refractivity contribution in [2.24, 2.45) is 0 Å². The molecule has 0 aromatic heterocycles. The third-order valence-corrected chi connectivity index (χ3v) is 12.8. The first-order valence-electron chi connectivity index (χ1n) is 11.4. The van der Waals surface area contributed by atoms with E-state index in [4.69, 9.17) is 4.43 Å². The van der Waals surface area contributed by atoms with Crippen LogP contribution in [0.2, 0.25) is 37.8 Å². The minimum atomic E-state index is -1.86. The van der Waals surface area contributed by atoms with Crippen molar-refractivity contribution in [1.82, 2.24) is 0 Å². The van der Waals surface area contributed by atoms with E-state index in [0.29, 0.717) is 6.61 Å². The molecule has 3 nitrogen and oxygen atoms in total. The molecule has 1 aromatic rings. The highest BCUT2D eigenvalue weighted by Gasteiger charge is 2.42. The van der Waals surface area contributed by atoms with Crippen LogP contribution in [0.3, 0.4) is 0 Å². The molecule has 5 heteroatoms. The molecule has 2 N–H and O–H groups in total. The molecule has 2 atom stereocenters. The van der Waals surface area contributed by atoms with Gasteiger partial charge >= 0.3 is 0 Å². The van der Waals surface area contributed by atoms with Gasteiger partial charge in [0.05, 0.1) is 14.7 Å². The molecular formula is C27H40O3Si2. The fourth-order valence-corrected chi connectivity index (χ4v) is 5.68. The molecule has 1 fully saturated rings. The number of benzene rings is 1. The van der Waals surface area contributed by atoms with E-state index in [0.717, 1.165) is 27.5 Å². The summed E-state index contributed by atoms with van der Waals surface area (Å²) < 4.78 is 6.24. The molecule has 0 spiro atoms. The van der Waals surface area contributed by atoms with Gasteiger partial charge in [-0.05, 0) is 64.7 Å². The predicted octanol–water partition coefficient (Wildman–Crippen LogP) is 5.95. The zero-order valence-corrected chi connectivity index (χ0v) is 23.2. The highest BCUT2D eigenvalue weighted by atomic mass is 28.4. The normalized spacial score (nSPS) is 22.8. The standard InChI is InChI=1S/C27H40O3Si2/c1-20(17-18-30-32(8,9)27(2,3)4)15-16-23(31(5,6)7)24-22(25(28)26(24)29)19-21-13-11-10-12-14-21/h10-14,17,19,25-26,28-29H,18H2,1-9H3/b20-17+,22-19-,24-23-/t25-,26+/m1/s1. The Labute approximate surface area is 197 Å². The average molecular weight is 469 g/mol. The third kappa shape index (κ3) is 6.43. The Kier molecular flexibility index (Phi) is 8.36.